The molecule has 0 fully saturated rings. The molecule has 0 saturated carbocycles. The molecular formula is C22H23NO6. The van der Waals surface area contributed by atoms with Gasteiger partial charge in [-0.2, -0.15) is 0 Å². The van der Waals surface area contributed by atoms with Gasteiger partial charge in [-0.25, -0.2) is 4.79 Å². The van der Waals surface area contributed by atoms with Gasteiger partial charge in [0.25, 0.3) is 0 Å². The number of nitrogens with one attached hydrogen (secondary N) is 1. The average molecular weight is 397 g/mol. The van der Waals surface area contributed by atoms with Crippen molar-refractivity contribution in [1.29, 1.82) is 0 Å². The van der Waals surface area contributed by atoms with Gasteiger partial charge in [0.15, 0.2) is 0 Å². The Morgan fingerprint density at radius 1 is 1.07 bits per heavy atom. The maximum atomic E-state index is 12.6. The summed E-state index contributed by atoms with van der Waals surface area (Å²) in [7, 11) is 0. The number of amides is 1. The summed E-state index contributed by atoms with van der Waals surface area (Å²) in [5.74, 6) is -0.496. The molecule has 2 aromatic heterocycles. The first-order valence-corrected chi connectivity index (χ1v) is 9.85. The van der Waals surface area contributed by atoms with E-state index in [0.29, 0.717) is 11.1 Å². The second-order valence-corrected chi connectivity index (χ2v) is 7.63. The molecule has 2 N–H and O–H groups in total. The fourth-order valence-corrected chi connectivity index (χ4v) is 4.21. The van der Waals surface area contributed by atoms with Crippen molar-refractivity contribution in [3.05, 3.63) is 44.5 Å². The Morgan fingerprint density at radius 3 is 2.55 bits per heavy atom. The number of benzene rings is 1. The van der Waals surface area contributed by atoms with E-state index in [4.69, 9.17) is 13.9 Å². The molecule has 0 atom stereocenters. The number of furan rings is 1. The van der Waals surface area contributed by atoms with Crippen LogP contribution in [-0.2, 0) is 28.9 Å². The molecule has 1 aromatic carbocycles. The highest BCUT2D eigenvalue weighted by molar-refractivity contribution is 6.00. The van der Waals surface area contributed by atoms with Gasteiger partial charge in [-0.1, -0.05) is 0 Å². The summed E-state index contributed by atoms with van der Waals surface area (Å²) in [4.78, 5) is 35.0. The number of carboxylic acids is 1. The molecule has 7 nitrogen and oxygen atoms in total. The number of carbonyl (C=O) groups is 2. The molecule has 3 aromatic rings. The van der Waals surface area contributed by atoms with Crippen LogP contribution in [0.3, 0.4) is 0 Å². The first kappa shape index (κ1) is 19.2. The van der Waals surface area contributed by atoms with E-state index in [1.54, 1.807) is 0 Å². The van der Waals surface area contributed by atoms with Crippen molar-refractivity contribution in [3.8, 4) is 0 Å². The second-order valence-electron chi connectivity index (χ2n) is 7.63. The molecule has 0 bridgehead atoms. The Hall–Kier alpha value is -3.09. The Morgan fingerprint density at radius 2 is 1.79 bits per heavy atom. The zero-order valence-corrected chi connectivity index (χ0v) is 16.5. The van der Waals surface area contributed by atoms with E-state index in [0.717, 1.165) is 58.9 Å². The SMILES string of the molecule is Cc1c(CCC(=O)NCC(=O)O)c(=O)oc2c(C)c3oc4c(c3cc12)CCCC4. The van der Waals surface area contributed by atoms with E-state index in [2.05, 4.69) is 5.32 Å². The molecule has 2 heterocycles. The molecule has 152 valence electrons. The van der Waals surface area contributed by atoms with Crippen LogP contribution in [0.4, 0.5) is 0 Å². The molecule has 7 heteroatoms. The largest absolute Gasteiger partial charge is 0.480 e. The van der Waals surface area contributed by atoms with Crippen LogP contribution >= 0.6 is 0 Å². The number of hydrogen-bond acceptors (Lipinski definition) is 5. The fourth-order valence-electron chi connectivity index (χ4n) is 4.21. The highest BCUT2D eigenvalue weighted by Crippen LogP contribution is 2.37. The number of rotatable bonds is 5. The highest BCUT2D eigenvalue weighted by Gasteiger charge is 2.23. The zero-order chi connectivity index (χ0) is 20.7. The highest BCUT2D eigenvalue weighted by atomic mass is 16.4. The van der Waals surface area contributed by atoms with E-state index in [-0.39, 0.29) is 12.8 Å². The number of hydrogen-bond donors (Lipinski definition) is 2. The summed E-state index contributed by atoms with van der Waals surface area (Å²) in [6.07, 6.45) is 4.38. The van der Waals surface area contributed by atoms with Crippen LogP contribution in [0, 0.1) is 13.8 Å². The smallest absolute Gasteiger partial charge is 0.339 e. The van der Waals surface area contributed by atoms with E-state index in [1.165, 1.54) is 5.56 Å². The van der Waals surface area contributed by atoms with Crippen molar-refractivity contribution in [2.24, 2.45) is 0 Å². The summed E-state index contributed by atoms with van der Waals surface area (Å²) in [5, 5.41) is 12.9. The minimum atomic E-state index is -1.11. The molecule has 0 aliphatic heterocycles. The maximum absolute atomic E-state index is 12.6. The van der Waals surface area contributed by atoms with Crippen molar-refractivity contribution in [1.82, 2.24) is 5.32 Å². The quantitative estimate of drug-likeness (QED) is 0.640. The zero-order valence-electron chi connectivity index (χ0n) is 16.5. The van der Waals surface area contributed by atoms with Crippen LogP contribution in [0.2, 0.25) is 0 Å². The molecule has 0 radical (unpaired) electrons. The second kappa shape index (κ2) is 7.39. The predicted molar refractivity (Wildman–Crippen MR) is 107 cm³/mol. The third kappa shape index (κ3) is 3.41. The molecule has 0 saturated heterocycles. The Bertz CT molecular complexity index is 1200. The van der Waals surface area contributed by atoms with E-state index < -0.39 is 24.0 Å². The van der Waals surface area contributed by atoms with Gasteiger partial charge in [-0.05, 0) is 51.2 Å². The third-order valence-corrected chi connectivity index (χ3v) is 5.76. The molecular weight excluding hydrogens is 374 g/mol. The fraction of sp³-hybridized carbons (Fsp3) is 0.409. The molecule has 0 spiro atoms. The number of carbonyl (C=O) groups excluding carboxylic acids is 1. The van der Waals surface area contributed by atoms with Gasteiger partial charge in [0.1, 0.15) is 23.5 Å². The van der Waals surface area contributed by atoms with Gasteiger partial charge in [0.2, 0.25) is 5.91 Å². The van der Waals surface area contributed by atoms with E-state index in [1.807, 2.05) is 19.9 Å². The minimum Gasteiger partial charge on any atom is -0.480 e. The average Bonchev–Trinajstić information content (AvgIpc) is 3.06. The summed E-state index contributed by atoms with van der Waals surface area (Å²) < 4.78 is 11.7. The Labute approximate surface area is 166 Å². The monoisotopic (exact) mass is 397 g/mol. The van der Waals surface area contributed by atoms with Crippen molar-refractivity contribution in [3.63, 3.8) is 0 Å². The van der Waals surface area contributed by atoms with Crippen molar-refractivity contribution in [2.45, 2.75) is 52.4 Å². The Kier molecular flexibility index (Phi) is 4.90. The standard InChI is InChI=1S/C22H23NO6/c1-11-13(7-8-18(24)23-10-19(25)26)22(27)29-20-12(2)21-16(9-15(11)20)14-5-3-4-6-17(14)28-21/h9H,3-8,10H2,1-2H3,(H,23,24)(H,25,26). The maximum Gasteiger partial charge on any atom is 0.339 e. The summed E-state index contributed by atoms with van der Waals surface area (Å²) in [6.45, 7) is 3.33. The van der Waals surface area contributed by atoms with E-state index >= 15 is 0 Å². The summed E-state index contributed by atoms with van der Waals surface area (Å²) in [5.41, 5.74) is 4.13. The van der Waals surface area contributed by atoms with Crippen LogP contribution < -0.4 is 10.9 Å². The molecule has 0 unspecified atom stereocenters. The lowest BCUT2D eigenvalue weighted by Gasteiger charge is -2.11. The van der Waals surface area contributed by atoms with Crippen molar-refractivity contribution < 1.29 is 23.5 Å². The van der Waals surface area contributed by atoms with Crippen LogP contribution in [0.15, 0.2) is 19.7 Å². The van der Waals surface area contributed by atoms with Gasteiger partial charge in [-0.3, -0.25) is 9.59 Å². The van der Waals surface area contributed by atoms with E-state index in [9.17, 15) is 14.4 Å². The molecule has 29 heavy (non-hydrogen) atoms. The lowest BCUT2D eigenvalue weighted by Crippen LogP contribution is -2.29. The Balaban J connectivity index is 1.75. The summed E-state index contributed by atoms with van der Waals surface area (Å²) in [6, 6.07) is 2.04. The van der Waals surface area contributed by atoms with Gasteiger partial charge in [-0.15, -0.1) is 0 Å². The first-order chi connectivity index (χ1) is 13.9. The first-order valence-electron chi connectivity index (χ1n) is 9.85. The minimum absolute atomic E-state index is 0.0206. The van der Waals surface area contributed by atoms with Crippen LogP contribution in [-0.4, -0.2) is 23.5 Å². The van der Waals surface area contributed by atoms with Crippen molar-refractivity contribution >= 4 is 33.8 Å². The van der Waals surface area contributed by atoms with Gasteiger partial charge in [0, 0.05) is 40.3 Å². The van der Waals surface area contributed by atoms with Crippen molar-refractivity contribution in [2.75, 3.05) is 6.54 Å². The van der Waals surface area contributed by atoms with Crippen LogP contribution in [0.1, 0.15) is 47.3 Å². The van der Waals surface area contributed by atoms with Gasteiger partial charge < -0.3 is 19.3 Å². The number of fused-ring (bicyclic) bond motifs is 4. The lowest BCUT2D eigenvalue weighted by molar-refractivity contribution is -0.137. The van der Waals surface area contributed by atoms with Gasteiger partial charge in [0.05, 0.1) is 0 Å². The topological polar surface area (TPSA) is 110 Å². The third-order valence-electron chi connectivity index (χ3n) is 5.76. The normalized spacial score (nSPS) is 13.6. The van der Waals surface area contributed by atoms with Crippen LogP contribution in [0.25, 0.3) is 21.9 Å². The number of aryl methyl sites for hydroxylation is 4. The summed E-state index contributed by atoms with van der Waals surface area (Å²) >= 11 is 0. The lowest BCUT2D eigenvalue weighted by atomic mass is 9.93. The molecule has 1 aliphatic rings. The molecule has 4 rings (SSSR count). The molecule has 1 aliphatic carbocycles. The predicted octanol–water partition coefficient (Wildman–Crippen LogP) is 3.17. The van der Waals surface area contributed by atoms with Crippen LogP contribution in [0.5, 0.6) is 0 Å². The molecule has 1 amide bonds. The number of carboxylic acid groups (broad SMARTS) is 1. The number of aliphatic carboxylic acids is 1. The van der Waals surface area contributed by atoms with Gasteiger partial charge >= 0.3 is 11.6 Å².